The Morgan fingerprint density at radius 2 is 2.19 bits per heavy atom. The van der Waals surface area contributed by atoms with Gasteiger partial charge in [-0.05, 0) is 6.07 Å². The van der Waals surface area contributed by atoms with E-state index in [9.17, 15) is 13.2 Å². The van der Waals surface area contributed by atoms with Crippen molar-refractivity contribution in [3.05, 3.63) is 17.8 Å². The molecule has 1 heterocycles. The fourth-order valence-corrected chi connectivity index (χ4v) is 0.914. The van der Waals surface area contributed by atoms with Gasteiger partial charge in [-0.2, -0.15) is 18.4 Å². The minimum atomic E-state index is -4.28. The highest BCUT2D eigenvalue weighted by molar-refractivity contribution is 5.51. The minimum Gasteiger partial charge on any atom is -0.476 e. The first-order valence-electron chi connectivity index (χ1n) is 4.27. The molecule has 0 aliphatic carbocycles. The molecule has 0 amide bonds. The minimum absolute atomic E-state index is 0.0428. The maximum Gasteiger partial charge on any atom is 0.392 e. The van der Waals surface area contributed by atoms with Gasteiger partial charge in [0.05, 0.1) is 24.3 Å². The van der Waals surface area contributed by atoms with E-state index in [-0.39, 0.29) is 17.1 Å². The topological polar surface area (TPSA) is 71.9 Å². The van der Waals surface area contributed by atoms with Crippen molar-refractivity contribution in [3.63, 3.8) is 0 Å². The molecule has 4 nitrogen and oxygen atoms in total. The Morgan fingerprint density at radius 1 is 1.50 bits per heavy atom. The predicted octanol–water partition coefficient (Wildman–Crippen LogP) is 1.87. The summed E-state index contributed by atoms with van der Waals surface area (Å²) in [4.78, 5) is 3.63. The van der Waals surface area contributed by atoms with E-state index in [0.717, 1.165) is 0 Å². The summed E-state index contributed by atoms with van der Waals surface area (Å²) in [5.41, 5.74) is 5.69. The van der Waals surface area contributed by atoms with Crippen LogP contribution in [0.1, 0.15) is 12.0 Å². The lowest BCUT2D eigenvalue weighted by Crippen LogP contribution is -2.14. The number of nitriles is 1. The van der Waals surface area contributed by atoms with Gasteiger partial charge in [-0.15, -0.1) is 0 Å². The zero-order chi connectivity index (χ0) is 12.2. The quantitative estimate of drug-likeness (QED) is 0.861. The van der Waals surface area contributed by atoms with Gasteiger partial charge in [0.2, 0.25) is 5.88 Å². The fourth-order valence-electron chi connectivity index (χ4n) is 0.914. The van der Waals surface area contributed by atoms with E-state index < -0.39 is 19.2 Å². The standard InChI is InChI=1S/C9H8F3N3O/c10-9(11,12)1-2-16-8-7(14)3-6(4-13)5-15-8/h3,5H,1-2,14H2. The summed E-state index contributed by atoms with van der Waals surface area (Å²) in [5.74, 6) is -0.0942. The highest BCUT2D eigenvalue weighted by Crippen LogP contribution is 2.22. The van der Waals surface area contributed by atoms with Gasteiger partial charge < -0.3 is 10.5 Å². The summed E-state index contributed by atoms with van der Waals surface area (Å²) < 4.78 is 40.2. The lowest BCUT2D eigenvalue weighted by atomic mass is 10.3. The second-order valence-electron chi connectivity index (χ2n) is 2.94. The monoisotopic (exact) mass is 231 g/mol. The molecule has 1 aromatic heterocycles. The zero-order valence-electron chi connectivity index (χ0n) is 8.08. The molecule has 0 fully saturated rings. The number of ether oxygens (including phenoxy) is 1. The average molecular weight is 231 g/mol. The van der Waals surface area contributed by atoms with E-state index in [1.54, 1.807) is 6.07 Å². The van der Waals surface area contributed by atoms with Gasteiger partial charge in [0, 0.05) is 6.20 Å². The van der Waals surface area contributed by atoms with Gasteiger partial charge in [0.1, 0.15) is 6.07 Å². The Labute approximate surface area is 89.5 Å². The van der Waals surface area contributed by atoms with Crippen molar-refractivity contribution in [2.75, 3.05) is 12.3 Å². The first-order chi connectivity index (χ1) is 7.42. The molecule has 0 spiro atoms. The normalized spacial score (nSPS) is 10.9. The number of hydrogen-bond donors (Lipinski definition) is 1. The van der Waals surface area contributed by atoms with Crippen LogP contribution in [0.2, 0.25) is 0 Å². The van der Waals surface area contributed by atoms with Crippen molar-refractivity contribution in [1.29, 1.82) is 5.26 Å². The van der Waals surface area contributed by atoms with E-state index in [4.69, 9.17) is 15.7 Å². The Morgan fingerprint density at radius 3 is 2.69 bits per heavy atom. The van der Waals surface area contributed by atoms with Crippen LogP contribution in [0, 0.1) is 11.3 Å². The van der Waals surface area contributed by atoms with Gasteiger partial charge in [-0.3, -0.25) is 0 Å². The fraction of sp³-hybridized carbons (Fsp3) is 0.333. The number of hydrogen-bond acceptors (Lipinski definition) is 4. The Bertz CT molecular complexity index is 411. The molecule has 0 saturated carbocycles. The third-order valence-electron chi connectivity index (χ3n) is 1.63. The van der Waals surface area contributed by atoms with Gasteiger partial charge in [-0.1, -0.05) is 0 Å². The molecule has 0 aliphatic rings. The molecular formula is C9H8F3N3O. The molecule has 0 unspecified atom stereocenters. The number of anilines is 1. The summed E-state index contributed by atoms with van der Waals surface area (Å²) in [6.45, 7) is -0.549. The molecule has 2 N–H and O–H groups in total. The summed E-state index contributed by atoms with van der Waals surface area (Å²) in [7, 11) is 0. The van der Waals surface area contributed by atoms with Crippen LogP contribution >= 0.6 is 0 Å². The molecule has 0 bridgehead atoms. The highest BCUT2D eigenvalue weighted by atomic mass is 19.4. The van der Waals surface area contributed by atoms with Crippen molar-refractivity contribution >= 4 is 5.69 Å². The highest BCUT2D eigenvalue weighted by Gasteiger charge is 2.27. The number of rotatable bonds is 3. The van der Waals surface area contributed by atoms with Crippen molar-refractivity contribution in [3.8, 4) is 11.9 Å². The lowest BCUT2D eigenvalue weighted by molar-refractivity contribution is -0.139. The van der Waals surface area contributed by atoms with Gasteiger partial charge in [-0.25, -0.2) is 4.98 Å². The molecule has 1 aromatic rings. The maximum absolute atomic E-state index is 11.8. The van der Waals surface area contributed by atoms with Crippen molar-refractivity contribution in [1.82, 2.24) is 4.98 Å². The number of halogens is 3. The van der Waals surface area contributed by atoms with Gasteiger partial charge in [0.15, 0.2) is 0 Å². The Kier molecular flexibility index (Phi) is 3.55. The summed E-state index contributed by atoms with van der Waals surface area (Å²) in [6.07, 6.45) is -4.17. The molecule has 7 heteroatoms. The summed E-state index contributed by atoms with van der Waals surface area (Å²) >= 11 is 0. The number of alkyl halides is 3. The molecule has 16 heavy (non-hydrogen) atoms. The number of nitrogen functional groups attached to an aromatic ring is 1. The molecule has 1 rings (SSSR count). The van der Waals surface area contributed by atoms with E-state index >= 15 is 0 Å². The van der Waals surface area contributed by atoms with Crippen molar-refractivity contribution in [2.24, 2.45) is 0 Å². The van der Waals surface area contributed by atoms with E-state index in [1.807, 2.05) is 0 Å². The maximum atomic E-state index is 11.8. The molecular weight excluding hydrogens is 223 g/mol. The molecule has 86 valence electrons. The molecule has 0 aliphatic heterocycles. The second-order valence-corrected chi connectivity index (χ2v) is 2.94. The average Bonchev–Trinajstić information content (AvgIpc) is 2.18. The first-order valence-corrected chi connectivity index (χ1v) is 4.27. The largest absolute Gasteiger partial charge is 0.476 e. The summed E-state index contributed by atoms with van der Waals surface area (Å²) in [6, 6.07) is 3.08. The first kappa shape index (κ1) is 12.1. The van der Waals surface area contributed by atoms with Crippen LogP contribution in [0.4, 0.5) is 18.9 Å². The zero-order valence-corrected chi connectivity index (χ0v) is 8.08. The van der Waals surface area contributed by atoms with Crippen molar-refractivity contribution in [2.45, 2.75) is 12.6 Å². The number of pyridine rings is 1. The second kappa shape index (κ2) is 4.70. The summed E-state index contributed by atoms with van der Waals surface area (Å²) in [5, 5.41) is 8.50. The number of nitrogens with two attached hydrogens (primary N) is 1. The van der Waals surface area contributed by atoms with Crippen LogP contribution < -0.4 is 10.5 Å². The molecule has 0 aromatic carbocycles. The lowest BCUT2D eigenvalue weighted by Gasteiger charge is -2.09. The Hall–Kier alpha value is -1.97. The van der Waals surface area contributed by atoms with Gasteiger partial charge >= 0.3 is 6.18 Å². The number of aromatic nitrogens is 1. The van der Waals surface area contributed by atoms with E-state index in [0.29, 0.717) is 0 Å². The molecule has 0 atom stereocenters. The number of nitrogens with zero attached hydrogens (tertiary/aromatic N) is 2. The molecule has 0 saturated heterocycles. The Balaban J connectivity index is 2.59. The third-order valence-corrected chi connectivity index (χ3v) is 1.63. The predicted molar refractivity (Wildman–Crippen MR) is 49.5 cm³/mol. The van der Waals surface area contributed by atoms with E-state index in [2.05, 4.69) is 4.98 Å². The van der Waals surface area contributed by atoms with E-state index in [1.165, 1.54) is 12.3 Å². The van der Waals surface area contributed by atoms with Crippen LogP contribution in [-0.2, 0) is 0 Å². The van der Waals surface area contributed by atoms with Crippen LogP contribution in [-0.4, -0.2) is 17.8 Å². The van der Waals surface area contributed by atoms with Crippen LogP contribution in [0.15, 0.2) is 12.3 Å². The van der Waals surface area contributed by atoms with Crippen LogP contribution in [0.5, 0.6) is 5.88 Å². The van der Waals surface area contributed by atoms with Crippen molar-refractivity contribution < 1.29 is 17.9 Å². The molecule has 0 radical (unpaired) electrons. The third kappa shape index (κ3) is 3.65. The smallest absolute Gasteiger partial charge is 0.392 e. The van der Waals surface area contributed by atoms with Gasteiger partial charge in [0.25, 0.3) is 0 Å². The van der Waals surface area contributed by atoms with Crippen LogP contribution in [0.3, 0.4) is 0 Å². The van der Waals surface area contributed by atoms with Crippen LogP contribution in [0.25, 0.3) is 0 Å². The SMILES string of the molecule is N#Cc1cnc(OCCC(F)(F)F)c(N)c1.